The third kappa shape index (κ3) is 4.66. The average molecular weight is 418 g/mol. The number of hydrogen-bond donors (Lipinski definition) is 1. The van der Waals surface area contributed by atoms with Gasteiger partial charge in [0.25, 0.3) is 11.8 Å². The van der Waals surface area contributed by atoms with Crippen LogP contribution in [0, 0.1) is 18.8 Å². The highest BCUT2D eigenvalue weighted by Gasteiger charge is 2.26. The van der Waals surface area contributed by atoms with Gasteiger partial charge in [0.1, 0.15) is 0 Å². The Morgan fingerprint density at radius 3 is 2.48 bits per heavy atom. The van der Waals surface area contributed by atoms with Crippen LogP contribution in [0.1, 0.15) is 46.7 Å². The summed E-state index contributed by atoms with van der Waals surface area (Å²) in [6, 6.07) is 10.6. The molecule has 2 unspecified atom stereocenters. The Hall–Kier alpha value is -3.48. The predicted octanol–water partition coefficient (Wildman–Crippen LogP) is 4.42. The molecule has 0 bridgehead atoms. The number of amides is 2. The molecule has 1 fully saturated rings. The summed E-state index contributed by atoms with van der Waals surface area (Å²) in [4.78, 5) is 31.7. The lowest BCUT2D eigenvalue weighted by molar-refractivity contribution is 0.0623. The van der Waals surface area contributed by atoms with E-state index in [0.29, 0.717) is 28.8 Å². The van der Waals surface area contributed by atoms with Crippen LogP contribution in [0.15, 0.2) is 53.3 Å². The normalized spacial score (nSPS) is 18.6. The number of hydrogen-bond acceptors (Lipinski definition) is 5. The van der Waals surface area contributed by atoms with E-state index in [1.807, 2.05) is 24.0 Å². The number of rotatable bonds is 4. The minimum Gasteiger partial charge on any atom is -0.355 e. The van der Waals surface area contributed by atoms with Gasteiger partial charge in [0.05, 0.1) is 0 Å². The van der Waals surface area contributed by atoms with Crippen molar-refractivity contribution in [1.82, 2.24) is 15.0 Å². The Bertz CT molecular complexity index is 1080. The van der Waals surface area contributed by atoms with E-state index in [1.165, 1.54) is 0 Å². The highest BCUT2D eigenvalue weighted by Crippen LogP contribution is 2.25. The van der Waals surface area contributed by atoms with Gasteiger partial charge in [-0.2, -0.15) is 0 Å². The first kappa shape index (κ1) is 20.8. The largest absolute Gasteiger partial charge is 0.355 e. The van der Waals surface area contributed by atoms with Crippen LogP contribution in [0.3, 0.4) is 0 Å². The zero-order chi connectivity index (χ0) is 22.0. The van der Waals surface area contributed by atoms with Gasteiger partial charge < -0.3 is 14.7 Å². The highest BCUT2D eigenvalue weighted by molar-refractivity contribution is 6.04. The fourth-order valence-electron chi connectivity index (χ4n) is 4.12. The molecule has 2 aromatic heterocycles. The molecule has 0 spiro atoms. The van der Waals surface area contributed by atoms with Crippen LogP contribution in [0.4, 0.5) is 5.69 Å². The van der Waals surface area contributed by atoms with Crippen LogP contribution < -0.4 is 5.32 Å². The number of nitrogens with one attached hydrogen (secondary N) is 1. The van der Waals surface area contributed by atoms with Crippen LogP contribution >= 0.6 is 0 Å². The SMILES string of the molecule is Cc1ccc(C(=O)N2CC(C)CC(C)C2)cc1NC(=O)c1cc(-c2ccncc2)on1. The molecule has 1 saturated heterocycles. The molecule has 1 aromatic carbocycles. The van der Waals surface area contributed by atoms with Crippen molar-refractivity contribution >= 4 is 17.5 Å². The van der Waals surface area contributed by atoms with E-state index < -0.39 is 5.91 Å². The molecule has 4 rings (SSSR count). The van der Waals surface area contributed by atoms with Crippen LogP contribution in [0.5, 0.6) is 0 Å². The Morgan fingerprint density at radius 1 is 1.06 bits per heavy atom. The average Bonchev–Trinajstić information content (AvgIpc) is 3.25. The summed E-state index contributed by atoms with van der Waals surface area (Å²) < 4.78 is 5.30. The lowest BCUT2D eigenvalue weighted by Crippen LogP contribution is -2.42. The molecular weight excluding hydrogens is 392 g/mol. The first-order valence-electron chi connectivity index (χ1n) is 10.5. The fraction of sp³-hybridized carbons (Fsp3) is 0.333. The minimum atomic E-state index is -0.392. The van der Waals surface area contributed by atoms with Crippen molar-refractivity contribution in [1.29, 1.82) is 0 Å². The number of carbonyl (C=O) groups excluding carboxylic acids is 2. The van der Waals surface area contributed by atoms with E-state index >= 15 is 0 Å². The molecule has 1 aliphatic rings. The standard InChI is InChI=1S/C24H26N4O3/c1-15-10-16(2)14-28(13-15)24(30)19-5-4-17(3)20(11-19)26-23(29)21-12-22(31-27-21)18-6-8-25-9-7-18/h4-9,11-12,15-16H,10,13-14H2,1-3H3,(H,26,29). The monoisotopic (exact) mass is 418 g/mol. The van der Waals surface area contributed by atoms with Crippen molar-refractivity contribution in [3.05, 3.63) is 65.6 Å². The van der Waals surface area contributed by atoms with Gasteiger partial charge in [-0.1, -0.05) is 25.1 Å². The molecule has 0 saturated carbocycles. The summed E-state index contributed by atoms with van der Waals surface area (Å²) in [6.45, 7) is 7.76. The number of aryl methyl sites for hydroxylation is 1. The Labute approximate surface area is 181 Å². The molecule has 3 heterocycles. The van der Waals surface area contributed by atoms with Gasteiger partial charge in [-0.25, -0.2) is 0 Å². The van der Waals surface area contributed by atoms with E-state index in [0.717, 1.165) is 30.6 Å². The number of anilines is 1. The highest BCUT2D eigenvalue weighted by atomic mass is 16.5. The van der Waals surface area contributed by atoms with Gasteiger partial charge in [0.2, 0.25) is 0 Å². The second-order valence-electron chi connectivity index (χ2n) is 8.45. The van der Waals surface area contributed by atoms with Gasteiger partial charge in [-0.05, 0) is 55.0 Å². The predicted molar refractivity (Wildman–Crippen MR) is 118 cm³/mol. The van der Waals surface area contributed by atoms with Gasteiger partial charge in [0, 0.05) is 48.4 Å². The number of piperidine rings is 1. The van der Waals surface area contributed by atoms with Gasteiger partial charge in [-0.3, -0.25) is 14.6 Å². The van der Waals surface area contributed by atoms with Gasteiger partial charge >= 0.3 is 0 Å². The van der Waals surface area contributed by atoms with Crippen molar-refractivity contribution in [2.75, 3.05) is 18.4 Å². The lowest BCUT2D eigenvalue weighted by atomic mass is 9.91. The van der Waals surface area contributed by atoms with E-state index in [4.69, 9.17) is 4.52 Å². The van der Waals surface area contributed by atoms with Crippen LogP contribution in [-0.4, -0.2) is 39.9 Å². The summed E-state index contributed by atoms with van der Waals surface area (Å²) in [6.07, 6.45) is 4.43. The number of nitrogens with zero attached hydrogens (tertiary/aromatic N) is 3. The molecule has 160 valence electrons. The fourth-order valence-corrected chi connectivity index (χ4v) is 4.12. The molecule has 1 aliphatic heterocycles. The molecule has 31 heavy (non-hydrogen) atoms. The lowest BCUT2D eigenvalue weighted by Gasteiger charge is -2.35. The maximum Gasteiger partial charge on any atom is 0.277 e. The first-order chi connectivity index (χ1) is 14.9. The van der Waals surface area contributed by atoms with E-state index in [2.05, 4.69) is 29.3 Å². The summed E-state index contributed by atoms with van der Waals surface area (Å²) in [5, 5.41) is 6.75. The Balaban J connectivity index is 1.51. The zero-order valence-corrected chi connectivity index (χ0v) is 18.0. The van der Waals surface area contributed by atoms with Crippen LogP contribution in [0.25, 0.3) is 11.3 Å². The molecule has 2 atom stereocenters. The van der Waals surface area contributed by atoms with Gasteiger partial charge in [0.15, 0.2) is 11.5 Å². The molecule has 3 aromatic rings. The van der Waals surface area contributed by atoms with Crippen molar-refractivity contribution in [3.63, 3.8) is 0 Å². The number of carbonyl (C=O) groups is 2. The number of pyridine rings is 1. The Morgan fingerprint density at radius 2 is 1.77 bits per heavy atom. The van der Waals surface area contributed by atoms with Crippen molar-refractivity contribution in [2.45, 2.75) is 27.2 Å². The third-order valence-electron chi connectivity index (χ3n) is 5.60. The number of benzene rings is 1. The third-order valence-corrected chi connectivity index (χ3v) is 5.60. The van der Waals surface area contributed by atoms with Crippen LogP contribution in [-0.2, 0) is 0 Å². The van der Waals surface area contributed by atoms with Crippen LogP contribution in [0.2, 0.25) is 0 Å². The zero-order valence-electron chi connectivity index (χ0n) is 18.0. The summed E-state index contributed by atoms with van der Waals surface area (Å²) >= 11 is 0. The van der Waals surface area contributed by atoms with E-state index in [-0.39, 0.29) is 11.6 Å². The maximum atomic E-state index is 13.1. The molecule has 1 N–H and O–H groups in total. The number of aromatic nitrogens is 2. The first-order valence-corrected chi connectivity index (χ1v) is 10.5. The molecular formula is C24H26N4O3. The molecule has 7 heteroatoms. The second kappa shape index (κ2) is 8.71. The minimum absolute atomic E-state index is 0.00434. The van der Waals surface area contributed by atoms with Gasteiger partial charge in [-0.15, -0.1) is 0 Å². The second-order valence-corrected chi connectivity index (χ2v) is 8.45. The van der Waals surface area contributed by atoms with Crippen molar-refractivity contribution in [3.8, 4) is 11.3 Å². The quantitative estimate of drug-likeness (QED) is 0.678. The topological polar surface area (TPSA) is 88.3 Å². The van der Waals surface area contributed by atoms with E-state index in [1.54, 1.807) is 36.7 Å². The summed E-state index contributed by atoms with van der Waals surface area (Å²) in [5.41, 5.74) is 2.97. The molecule has 0 radical (unpaired) electrons. The molecule has 2 amide bonds. The smallest absolute Gasteiger partial charge is 0.277 e. The molecule has 0 aliphatic carbocycles. The summed E-state index contributed by atoms with van der Waals surface area (Å²) in [5.74, 6) is 1.06. The summed E-state index contributed by atoms with van der Waals surface area (Å²) in [7, 11) is 0. The number of likely N-dealkylation sites (tertiary alicyclic amines) is 1. The molecule has 7 nitrogen and oxygen atoms in total. The van der Waals surface area contributed by atoms with E-state index in [9.17, 15) is 9.59 Å². The van der Waals surface area contributed by atoms with Crippen molar-refractivity contribution in [2.24, 2.45) is 11.8 Å². The van der Waals surface area contributed by atoms with Crippen molar-refractivity contribution < 1.29 is 14.1 Å². The Kier molecular flexibility index (Phi) is 5.84. The maximum absolute atomic E-state index is 13.1.